The molecule has 2 aliphatic carbocycles. The van der Waals surface area contributed by atoms with Crippen LogP contribution >= 0.6 is 17.9 Å². The van der Waals surface area contributed by atoms with Gasteiger partial charge in [0.15, 0.2) is 0 Å². The zero-order valence-electron chi connectivity index (χ0n) is 10.9. The van der Waals surface area contributed by atoms with Gasteiger partial charge in [-0.05, 0) is 37.5 Å². The summed E-state index contributed by atoms with van der Waals surface area (Å²) in [4.78, 5) is 15.7. The number of nitrogens with one attached hydrogen (secondary N) is 1. The fourth-order valence-electron chi connectivity index (χ4n) is 2.87. The zero-order chi connectivity index (χ0) is 13.4. The van der Waals surface area contributed by atoms with E-state index in [0.29, 0.717) is 0 Å². The maximum atomic E-state index is 7.87. The highest BCUT2D eigenvalue weighted by Crippen LogP contribution is 2.39. The van der Waals surface area contributed by atoms with Crippen LogP contribution in [-0.2, 0) is 11.8 Å². The van der Waals surface area contributed by atoms with Gasteiger partial charge in [-0.1, -0.05) is 50.8 Å². The fourth-order valence-corrected chi connectivity index (χ4v) is 2.87. The van der Waals surface area contributed by atoms with Gasteiger partial charge in [0.2, 0.25) is 5.69 Å². The molecule has 18 heavy (non-hydrogen) atoms. The van der Waals surface area contributed by atoms with Crippen LogP contribution in [-0.4, -0.2) is 21.9 Å². The van der Waals surface area contributed by atoms with Crippen LogP contribution in [0.4, 0.5) is 0 Å². The van der Waals surface area contributed by atoms with Gasteiger partial charge in [-0.25, -0.2) is 0 Å². The summed E-state index contributed by atoms with van der Waals surface area (Å²) in [6.45, 7) is 0. The normalized spacial score (nSPS) is 23.3. The third-order valence-corrected chi connectivity index (χ3v) is 3.68. The predicted octanol–water partition coefficient (Wildman–Crippen LogP) is 3.37. The molecule has 0 bridgehead atoms. The SMILES string of the molecule is C1CCC(NC2CCCCC2)CC1.OP(O)(=S)S. The summed E-state index contributed by atoms with van der Waals surface area (Å²) in [7, 11) is 0. The molecule has 3 N–H and O–H groups in total. The average Bonchev–Trinajstić information content (AvgIpc) is 2.29. The molecule has 0 aromatic carbocycles. The second kappa shape index (κ2) is 8.93. The van der Waals surface area contributed by atoms with Crippen LogP contribution in [0.25, 0.3) is 0 Å². The van der Waals surface area contributed by atoms with Crippen molar-refractivity contribution in [1.82, 2.24) is 5.32 Å². The van der Waals surface area contributed by atoms with Crippen LogP contribution in [0.2, 0.25) is 0 Å². The Morgan fingerprint density at radius 2 is 1.11 bits per heavy atom. The Hall–Kier alpha value is 0.880. The molecule has 2 aliphatic rings. The molecule has 0 radical (unpaired) electrons. The highest BCUT2D eigenvalue weighted by molar-refractivity contribution is 8.59. The third kappa shape index (κ3) is 9.76. The summed E-state index contributed by atoms with van der Waals surface area (Å²) in [5, 5.41) is 3.86. The summed E-state index contributed by atoms with van der Waals surface area (Å²) < 4.78 is 0. The first-order valence-corrected chi connectivity index (χ1v) is 10.9. The summed E-state index contributed by atoms with van der Waals surface area (Å²) in [6, 6.07) is 1.74. The van der Waals surface area contributed by atoms with E-state index in [1.54, 1.807) is 0 Å². The molecule has 0 unspecified atom stereocenters. The van der Waals surface area contributed by atoms with E-state index in [0.717, 1.165) is 12.1 Å². The van der Waals surface area contributed by atoms with E-state index >= 15 is 0 Å². The average molecular weight is 311 g/mol. The molecule has 6 heteroatoms. The molecule has 2 fully saturated rings. The van der Waals surface area contributed by atoms with Gasteiger partial charge in [-0.15, -0.1) is 0 Å². The molecule has 0 amide bonds. The molecule has 0 aliphatic heterocycles. The second-order valence-corrected chi connectivity index (χ2v) is 10.4. The summed E-state index contributed by atoms with van der Waals surface area (Å²) in [5.74, 6) is 0. The van der Waals surface area contributed by atoms with Crippen molar-refractivity contribution in [1.29, 1.82) is 0 Å². The van der Waals surface area contributed by atoms with E-state index in [4.69, 9.17) is 9.79 Å². The molecular weight excluding hydrogens is 285 g/mol. The zero-order valence-corrected chi connectivity index (χ0v) is 13.5. The first kappa shape index (κ1) is 16.9. The highest BCUT2D eigenvalue weighted by Gasteiger charge is 2.19. The van der Waals surface area contributed by atoms with Gasteiger partial charge in [0.1, 0.15) is 0 Å². The molecule has 0 spiro atoms. The topological polar surface area (TPSA) is 52.5 Å². The van der Waals surface area contributed by atoms with E-state index in [9.17, 15) is 0 Å². The minimum absolute atomic E-state index is 0.872. The standard InChI is InChI=1S/C12H23N.H3O2PS2/c1-3-7-11(8-4-1)13-12-9-5-2-6-10-12;1-3(2,4)5/h11-13H,1-10H2;(H3,1,2,4,5). The lowest BCUT2D eigenvalue weighted by atomic mass is 9.91. The lowest BCUT2D eigenvalue weighted by molar-refractivity contribution is 0.291. The lowest BCUT2D eigenvalue weighted by Crippen LogP contribution is -2.40. The molecular formula is C12H26NO2PS2. The predicted molar refractivity (Wildman–Crippen MR) is 84.6 cm³/mol. The molecule has 0 atom stereocenters. The molecule has 108 valence electrons. The second-order valence-electron chi connectivity index (χ2n) is 5.35. The van der Waals surface area contributed by atoms with E-state index < -0.39 is 5.69 Å². The summed E-state index contributed by atoms with van der Waals surface area (Å²) in [5.41, 5.74) is -3.11. The van der Waals surface area contributed by atoms with Crippen LogP contribution < -0.4 is 5.32 Å². The van der Waals surface area contributed by atoms with Gasteiger partial charge < -0.3 is 15.1 Å². The first-order valence-electron chi connectivity index (χ1n) is 6.99. The van der Waals surface area contributed by atoms with E-state index in [2.05, 4.69) is 29.4 Å². The van der Waals surface area contributed by atoms with Crippen LogP contribution in [0.3, 0.4) is 0 Å². The van der Waals surface area contributed by atoms with Crippen molar-refractivity contribution in [3.63, 3.8) is 0 Å². The Balaban J connectivity index is 0.000000280. The van der Waals surface area contributed by atoms with Crippen LogP contribution in [0, 0.1) is 0 Å². The van der Waals surface area contributed by atoms with Crippen LogP contribution in [0.5, 0.6) is 0 Å². The largest absolute Gasteiger partial charge is 0.338 e. The number of hydrogen-bond donors (Lipinski definition) is 4. The molecule has 2 rings (SSSR count). The molecule has 0 aromatic rings. The lowest BCUT2D eigenvalue weighted by Gasteiger charge is -2.30. The van der Waals surface area contributed by atoms with Crippen molar-refractivity contribution in [3.8, 4) is 0 Å². The van der Waals surface area contributed by atoms with Crippen molar-refractivity contribution >= 4 is 29.7 Å². The maximum absolute atomic E-state index is 7.87. The van der Waals surface area contributed by atoms with Gasteiger partial charge >= 0.3 is 0 Å². The monoisotopic (exact) mass is 311 g/mol. The summed E-state index contributed by atoms with van der Waals surface area (Å²) >= 11 is 7.07. The quantitative estimate of drug-likeness (QED) is 0.466. The van der Waals surface area contributed by atoms with E-state index in [-0.39, 0.29) is 0 Å². The number of rotatable bonds is 2. The van der Waals surface area contributed by atoms with Gasteiger partial charge in [-0.3, -0.25) is 0 Å². The number of hydrogen-bond acceptors (Lipinski definition) is 2. The third-order valence-electron chi connectivity index (χ3n) is 3.68. The van der Waals surface area contributed by atoms with Gasteiger partial charge in [0, 0.05) is 12.1 Å². The maximum Gasteiger partial charge on any atom is 0.239 e. The highest BCUT2D eigenvalue weighted by atomic mass is 32.9. The molecule has 0 saturated heterocycles. The van der Waals surface area contributed by atoms with E-state index in [1.165, 1.54) is 64.2 Å². The summed E-state index contributed by atoms with van der Waals surface area (Å²) in [6.07, 6.45) is 14.6. The van der Waals surface area contributed by atoms with Crippen molar-refractivity contribution in [3.05, 3.63) is 0 Å². The minimum Gasteiger partial charge on any atom is -0.338 e. The Bertz CT molecular complexity index is 237. The Kier molecular flexibility index (Phi) is 8.40. The van der Waals surface area contributed by atoms with Crippen molar-refractivity contribution in [2.24, 2.45) is 0 Å². The van der Waals surface area contributed by atoms with Gasteiger partial charge in [0.25, 0.3) is 0 Å². The first-order chi connectivity index (χ1) is 8.45. The van der Waals surface area contributed by atoms with E-state index in [1.807, 2.05) is 0 Å². The molecule has 2 saturated carbocycles. The number of thiol groups is 1. The Labute approximate surface area is 121 Å². The van der Waals surface area contributed by atoms with Crippen molar-refractivity contribution < 1.29 is 9.79 Å². The smallest absolute Gasteiger partial charge is 0.239 e. The van der Waals surface area contributed by atoms with Crippen molar-refractivity contribution in [2.75, 3.05) is 0 Å². The Morgan fingerprint density at radius 3 is 1.39 bits per heavy atom. The van der Waals surface area contributed by atoms with Crippen LogP contribution in [0.1, 0.15) is 64.2 Å². The molecule has 3 nitrogen and oxygen atoms in total. The molecule has 0 aromatic heterocycles. The van der Waals surface area contributed by atoms with Crippen molar-refractivity contribution in [2.45, 2.75) is 76.3 Å². The Morgan fingerprint density at radius 1 is 0.833 bits per heavy atom. The van der Waals surface area contributed by atoms with Gasteiger partial charge in [0.05, 0.1) is 0 Å². The molecule has 0 heterocycles. The van der Waals surface area contributed by atoms with Crippen LogP contribution in [0.15, 0.2) is 0 Å². The van der Waals surface area contributed by atoms with Gasteiger partial charge in [-0.2, -0.15) is 0 Å². The minimum atomic E-state index is -3.11. The fraction of sp³-hybridized carbons (Fsp3) is 1.00.